The van der Waals surface area contributed by atoms with Gasteiger partial charge in [-0.2, -0.15) is 0 Å². The highest BCUT2D eigenvalue weighted by Gasteiger charge is 2.31. The molecule has 2 unspecified atom stereocenters. The highest BCUT2D eigenvalue weighted by atomic mass is 19.4. The first-order valence-corrected chi connectivity index (χ1v) is 18.1. The normalized spacial score (nSPS) is 12.2. The van der Waals surface area contributed by atoms with Crippen molar-refractivity contribution in [3.05, 3.63) is 131 Å². The number of hydrogen-bond acceptors (Lipinski definition) is 9. The Morgan fingerprint density at radius 3 is 1.48 bits per heavy atom. The predicted molar refractivity (Wildman–Crippen MR) is 205 cm³/mol. The van der Waals surface area contributed by atoms with Crippen LogP contribution >= 0.6 is 0 Å². The molecule has 1 amide bonds. The number of alkyl halides is 6. The lowest BCUT2D eigenvalue weighted by Crippen LogP contribution is -2.17. The number of benzene rings is 4. The molecule has 310 valence electrons. The number of azide groups is 1. The van der Waals surface area contributed by atoms with Crippen molar-refractivity contribution in [3.8, 4) is 45.6 Å². The van der Waals surface area contributed by atoms with Gasteiger partial charge >= 0.3 is 12.7 Å². The lowest BCUT2D eigenvalue weighted by atomic mass is 9.92. The molecule has 2 atom stereocenters. The molecule has 2 aromatic heterocycles. The summed E-state index contributed by atoms with van der Waals surface area (Å²) in [6.45, 7) is 4.35. The fourth-order valence-electron chi connectivity index (χ4n) is 5.87. The summed E-state index contributed by atoms with van der Waals surface area (Å²) in [5, 5.41) is 11.8. The minimum absolute atomic E-state index is 0.0741. The van der Waals surface area contributed by atoms with Gasteiger partial charge in [0, 0.05) is 28.4 Å². The number of rotatable bonds is 14. The third-order valence-electron chi connectivity index (χ3n) is 8.87. The molecule has 0 N–H and O–H groups in total. The van der Waals surface area contributed by atoms with E-state index in [-0.39, 0.29) is 29.8 Å². The van der Waals surface area contributed by atoms with E-state index < -0.39 is 18.6 Å². The van der Waals surface area contributed by atoms with Gasteiger partial charge in [-0.3, -0.25) is 4.79 Å². The summed E-state index contributed by atoms with van der Waals surface area (Å²) in [5.41, 5.74) is 12.9. The molecule has 0 aliphatic carbocycles. The standard InChI is InChI=1S/C20H17F3N6O2.C20H17F3N4O2/c1-2-13(11-18(30)26-28-24)14-3-5-15(6-4-14)19-25-12-29(27-19)16-7-9-17(10-8-16)31-20(21,22)23;1-2-14(11-24-13-28)15-3-5-16(6-4-15)19-25-12-27(26-19)17-7-9-18(10-8-17)29-20(21,22)23/h3-10,12-13H,2,11H2,1H3;3-10,12,14H,2,11H2,1H3. The van der Waals surface area contributed by atoms with Gasteiger partial charge in [0.2, 0.25) is 12.0 Å². The first kappa shape index (κ1) is 43.8. The van der Waals surface area contributed by atoms with Crippen molar-refractivity contribution >= 4 is 12.0 Å². The van der Waals surface area contributed by atoms with Crippen LogP contribution in [0.2, 0.25) is 0 Å². The van der Waals surface area contributed by atoms with Gasteiger partial charge in [0.1, 0.15) is 24.2 Å². The molecule has 6 aromatic rings. The maximum Gasteiger partial charge on any atom is 0.573 e. The average Bonchev–Trinajstić information content (AvgIpc) is 3.92. The van der Waals surface area contributed by atoms with E-state index >= 15 is 0 Å². The smallest absolute Gasteiger partial charge is 0.406 e. The third kappa shape index (κ3) is 12.6. The summed E-state index contributed by atoms with van der Waals surface area (Å²) in [6, 6.07) is 25.6. The molecule has 0 saturated heterocycles. The van der Waals surface area contributed by atoms with Crippen LogP contribution in [0.3, 0.4) is 0 Å². The van der Waals surface area contributed by atoms with Crippen LogP contribution in [0.15, 0.2) is 120 Å². The number of carbonyl (C=O) groups is 1. The first-order valence-electron chi connectivity index (χ1n) is 18.1. The molecular weight excluding hydrogens is 798 g/mol. The van der Waals surface area contributed by atoms with Gasteiger partial charge in [-0.05, 0) is 89.1 Å². The van der Waals surface area contributed by atoms with E-state index in [4.69, 9.17) is 5.53 Å². The predicted octanol–water partition coefficient (Wildman–Crippen LogP) is 10.2. The second-order valence-electron chi connectivity index (χ2n) is 12.8. The van der Waals surface area contributed by atoms with Gasteiger partial charge in [-0.25, -0.2) is 29.1 Å². The van der Waals surface area contributed by atoms with Crippen molar-refractivity contribution in [2.45, 2.75) is 57.7 Å². The maximum atomic E-state index is 12.3. The number of isocyanates is 1. The molecule has 20 heteroatoms. The molecule has 0 bridgehead atoms. The van der Waals surface area contributed by atoms with Gasteiger partial charge < -0.3 is 9.47 Å². The average molecular weight is 833 g/mol. The zero-order chi connectivity index (χ0) is 43.3. The Bertz CT molecular complexity index is 2420. The van der Waals surface area contributed by atoms with E-state index in [1.165, 1.54) is 70.5 Å². The summed E-state index contributed by atoms with van der Waals surface area (Å²) in [4.78, 5) is 36.6. The SMILES string of the molecule is CCC(CC(=O)N=[N+]=[N-])c1ccc(-c2ncn(-c3ccc(OC(F)(F)F)cc3)n2)cc1.CCC(CN=C=O)c1ccc(-c2ncn(-c3ccc(OC(F)(F)F)cc3)n2)cc1. The highest BCUT2D eigenvalue weighted by Crippen LogP contribution is 2.29. The van der Waals surface area contributed by atoms with Crippen LogP contribution in [0.25, 0.3) is 44.6 Å². The second-order valence-corrected chi connectivity index (χ2v) is 12.8. The first-order chi connectivity index (χ1) is 28.7. The van der Waals surface area contributed by atoms with Crippen LogP contribution in [0.4, 0.5) is 26.3 Å². The number of nitrogens with zero attached hydrogens (tertiary/aromatic N) is 10. The van der Waals surface area contributed by atoms with Crippen LogP contribution in [0.1, 0.15) is 56.1 Å². The summed E-state index contributed by atoms with van der Waals surface area (Å²) in [5.74, 6) is -0.168. The molecule has 14 nitrogen and oxygen atoms in total. The summed E-state index contributed by atoms with van der Waals surface area (Å²) in [7, 11) is 0. The number of hydrogen-bond donors (Lipinski definition) is 0. The number of ether oxygens (including phenoxy) is 2. The molecule has 0 aliphatic heterocycles. The van der Waals surface area contributed by atoms with Crippen LogP contribution in [-0.4, -0.2) is 60.8 Å². The Labute approximate surface area is 337 Å². The van der Waals surface area contributed by atoms with Crippen molar-refractivity contribution in [3.63, 3.8) is 0 Å². The van der Waals surface area contributed by atoms with Crippen LogP contribution < -0.4 is 9.47 Å². The van der Waals surface area contributed by atoms with Crippen molar-refractivity contribution in [1.29, 1.82) is 0 Å². The zero-order valence-electron chi connectivity index (χ0n) is 31.7. The molecule has 0 radical (unpaired) electrons. The molecule has 0 aliphatic rings. The van der Waals surface area contributed by atoms with Crippen LogP contribution in [0.5, 0.6) is 11.5 Å². The summed E-state index contributed by atoms with van der Waals surface area (Å²) in [6.07, 6.45) is -3.32. The lowest BCUT2D eigenvalue weighted by molar-refractivity contribution is -0.275. The second kappa shape index (κ2) is 19.9. The van der Waals surface area contributed by atoms with Crippen molar-refractivity contribution in [2.75, 3.05) is 6.54 Å². The Hall–Kier alpha value is -7.30. The quantitative estimate of drug-likeness (QED) is 0.0260. The molecule has 0 spiro atoms. The monoisotopic (exact) mass is 832 g/mol. The molecule has 60 heavy (non-hydrogen) atoms. The highest BCUT2D eigenvalue weighted by molar-refractivity contribution is 5.77. The fourth-order valence-corrected chi connectivity index (χ4v) is 5.87. The Kier molecular flexibility index (Phi) is 14.5. The number of aromatic nitrogens is 6. The maximum absolute atomic E-state index is 12.3. The van der Waals surface area contributed by atoms with E-state index in [1.54, 1.807) is 6.08 Å². The van der Waals surface area contributed by atoms with Crippen molar-refractivity contribution < 1.29 is 45.4 Å². The number of amides is 1. The van der Waals surface area contributed by atoms with E-state index in [0.717, 1.165) is 28.7 Å². The van der Waals surface area contributed by atoms with Gasteiger partial charge in [-0.1, -0.05) is 62.4 Å². The Balaban J connectivity index is 0.000000228. The zero-order valence-corrected chi connectivity index (χ0v) is 31.7. The molecular formula is C40H34F6N10O4. The van der Waals surface area contributed by atoms with E-state index in [1.807, 2.05) is 62.4 Å². The van der Waals surface area contributed by atoms with Gasteiger partial charge in [0.25, 0.3) is 0 Å². The van der Waals surface area contributed by atoms with Crippen molar-refractivity contribution in [1.82, 2.24) is 29.5 Å². The lowest BCUT2D eigenvalue weighted by Gasteiger charge is -2.13. The molecule has 0 fully saturated rings. The fraction of sp³-hybridized carbons (Fsp3) is 0.250. The Morgan fingerprint density at radius 1 is 0.700 bits per heavy atom. The van der Waals surface area contributed by atoms with Gasteiger partial charge in [-0.15, -0.1) is 36.5 Å². The minimum Gasteiger partial charge on any atom is -0.406 e. The Morgan fingerprint density at radius 2 is 1.12 bits per heavy atom. The third-order valence-corrected chi connectivity index (χ3v) is 8.87. The number of halogens is 6. The van der Waals surface area contributed by atoms with E-state index in [9.17, 15) is 35.9 Å². The summed E-state index contributed by atoms with van der Waals surface area (Å²) < 4.78 is 84.2. The number of aliphatic imine (C=N–C) groups is 1. The molecule has 2 heterocycles. The van der Waals surface area contributed by atoms with Crippen LogP contribution in [0, 0.1) is 0 Å². The minimum atomic E-state index is -4.75. The largest absolute Gasteiger partial charge is 0.573 e. The summed E-state index contributed by atoms with van der Waals surface area (Å²) >= 11 is 0. The van der Waals surface area contributed by atoms with Crippen molar-refractivity contribution in [2.24, 2.45) is 10.1 Å². The molecule has 6 rings (SSSR count). The number of carbonyl (C=O) groups excluding carboxylic acids is 2. The van der Waals surface area contributed by atoms with E-state index in [0.29, 0.717) is 36.0 Å². The van der Waals surface area contributed by atoms with E-state index in [2.05, 4.69) is 44.7 Å². The van der Waals surface area contributed by atoms with Gasteiger partial charge in [0.15, 0.2) is 11.6 Å². The molecule has 4 aromatic carbocycles. The van der Waals surface area contributed by atoms with Crippen LogP contribution in [-0.2, 0) is 9.59 Å². The molecule has 0 saturated carbocycles. The van der Waals surface area contributed by atoms with Gasteiger partial charge in [0.05, 0.1) is 17.9 Å². The topological polar surface area (TPSA) is 175 Å².